The summed E-state index contributed by atoms with van der Waals surface area (Å²) in [5.74, 6) is -0.997. The van der Waals surface area contributed by atoms with E-state index in [2.05, 4.69) is 72.9 Å². The van der Waals surface area contributed by atoms with Crippen molar-refractivity contribution in [1.82, 2.24) is 5.32 Å². The average Bonchev–Trinajstić information content (AvgIpc) is 2.70. The molecule has 7 heteroatoms. The second kappa shape index (κ2) is 8.45. The van der Waals surface area contributed by atoms with Crippen molar-refractivity contribution >= 4 is 51.2 Å². The molecule has 2 aromatic rings. The maximum absolute atomic E-state index is 13.2. The van der Waals surface area contributed by atoms with Crippen molar-refractivity contribution in [3.8, 4) is 0 Å². The molecule has 4 amide bonds. The van der Waals surface area contributed by atoms with Gasteiger partial charge in [-0.3, -0.25) is 14.9 Å². The summed E-state index contributed by atoms with van der Waals surface area (Å²) < 4.78 is 0.726. The maximum atomic E-state index is 13.2. The van der Waals surface area contributed by atoms with Crippen LogP contribution in [0, 0.1) is 0 Å². The fourth-order valence-corrected chi connectivity index (χ4v) is 5.60. The number of nitrogens with one attached hydrogen (secondary N) is 1. The van der Waals surface area contributed by atoms with Crippen LogP contribution in [0.25, 0.3) is 6.08 Å². The molecule has 1 N–H and O–H groups in total. The Hall–Kier alpha value is -2.93. The van der Waals surface area contributed by atoms with Crippen molar-refractivity contribution in [1.29, 1.82) is 0 Å². The minimum absolute atomic E-state index is 0.0323. The zero-order chi connectivity index (χ0) is 24.1. The normalized spacial score (nSPS) is 21.5. The number of rotatable bonds is 3. The molecule has 172 valence electrons. The molecule has 0 radical (unpaired) electrons. The minimum Gasteiger partial charge on any atom is -0.364 e. The quantitative estimate of drug-likeness (QED) is 0.430. The van der Waals surface area contributed by atoms with E-state index in [1.54, 1.807) is 30.3 Å². The Kier molecular flexibility index (Phi) is 5.95. The molecule has 1 atom stereocenters. The molecular weight excluding hydrogens is 482 g/mol. The van der Waals surface area contributed by atoms with E-state index in [9.17, 15) is 14.4 Å². The molecule has 2 heterocycles. The zero-order valence-corrected chi connectivity index (χ0v) is 21.1. The van der Waals surface area contributed by atoms with Gasteiger partial charge in [-0.2, -0.15) is 0 Å². The Bertz CT molecular complexity index is 1190. The molecule has 4 rings (SSSR count). The van der Waals surface area contributed by atoms with E-state index in [1.807, 2.05) is 6.07 Å². The Labute approximate surface area is 202 Å². The van der Waals surface area contributed by atoms with E-state index in [0.29, 0.717) is 17.6 Å². The standard InChI is InChI=1S/C26H28BrN3O3/c1-15(2)30-22-10-9-17(11-20(22)16(3)14-26(30,4)5)12-21-23(31)28-25(33)29(24(21)32)19-8-6-7-18(27)13-19/h6-13,15-16H,14H2,1-5H3,(H,28,31,33)/b21-12+. The third-order valence-electron chi connectivity index (χ3n) is 6.30. The first-order chi connectivity index (χ1) is 15.5. The number of carbonyl (C=O) groups is 3. The van der Waals surface area contributed by atoms with Gasteiger partial charge >= 0.3 is 6.03 Å². The smallest absolute Gasteiger partial charge is 0.335 e. The number of hydrogen-bond acceptors (Lipinski definition) is 4. The van der Waals surface area contributed by atoms with Crippen LogP contribution >= 0.6 is 15.9 Å². The van der Waals surface area contributed by atoms with E-state index in [0.717, 1.165) is 21.4 Å². The number of nitrogens with zero attached hydrogens (tertiary/aromatic N) is 2. The molecule has 0 spiro atoms. The lowest BCUT2D eigenvalue weighted by Crippen LogP contribution is -2.54. The SMILES string of the molecule is CC1CC(C)(C)N(C(C)C)c2ccc(/C=C3\C(=O)NC(=O)N(c4cccc(Br)c4)C3=O)cc21. The summed E-state index contributed by atoms with van der Waals surface area (Å²) in [6.45, 7) is 11.1. The molecule has 2 aliphatic rings. The topological polar surface area (TPSA) is 69.7 Å². The van der Waals surface area contributed by atoms with Crippen LogP contribution < -0.4 is 15.1 Å². The maximum Gasteiger partial charge on any atom is 0.335 e. The first-order valence-corrected chi connectivity index (χ1v) is 11.9. The number of barbiturate groups is 1. The second-order valence-electron chi connectivity index (χ2n) is 9.64. The van der Waals surface area contributed by atoms with Gasteiger partial charge in [0, 0.05) is 21.7 Å². The molecule has 0 aliphatic carbocycles. The Morgan fingerprint density at radius 1 is 1.12 bits per heavy atom. The van der Waals surface area contributed by atoms with E-state index in [1.165, 1.54) is 11.3 Å². The van der Waals surface area contributed by atoms with Crippen molar-refractivity contribution in [2.45, 2.75) is 58.5 Å². The lowest BCUT2D eigenvalue weighted by atomic mass is 9.78. The summed E-state index contributed by atoms with van der Waals surface area (Å²) in [4.78, 5) is 41.6. The first-order valence-electron chi connectivity index (χ1n) is 11.1. The summed E-state index contributed by atoms with van der Waals surface area (Å²) in [7, 11) is 0. The molecule has 0 aromatic heterocycles. The Balaban J connectivity index is 1.74. The number of halogens is 1. The van der Waals surface area contributed by atoms with Crippen molar-refractivity contribution < 1.29 is 14.4 Å². The molecule has 6 nitrogen and oxygen atoms in total. The number of imide groups is 2. The fourth-order valence-electron chi connectivity index (χ4n) is 5.21. The highest BCUT2D eigenvalue weighted by Crippen LogP contribution is 2.44. The molecule has 0 bridgehead atoms. The van der Waals surface area contributed by atoms with Crippen LogP contribution in [-0.2, 0) is 9.59 Å². The zero-order valence-electron chi connectivity index (χ0n) is 19.5. The van der Waals surface area contributed by atoms with Crippen LogP contribution in [-0.4, -0.2) is 29.4 Å². The summed E-state index contributed by atoms with van der Waals surface area (Å²) >= 11 is 3.36. The third-order valence-corrected chi connectivity index (χ3v) is 6.79. The van der Waals surface area contributed by atoms with Gasteiger partial charge in [0.05, 0.1) is 5.69 Å². The van der Waals surface area contributed by atoms with Gasteiger partial charge in [-0.25, -0.2) is 9.69 Å². The van der Waals surface area contributed by atoms with Gasteiger partial charge in [-0.1, -0.05) is 35.0 Å². The molecule has 0 saturated carbocycles. The van der Waals surface area contributed by atoms with Gasteiger partial charge in [0.25, 0.3) is 11.8 Å². The minimum atomic E-state index is -0.755. The van der Waals surface area contributed by atoms with Crippen LogP contribution in [0.4, 0.5) is 16.2 Å². The second-order valence-corrected chi connectivity index (χ2v) is 10.6. The third kappa shape index (κ3) is 4.22. The fraction of sp³-hybridized carbons (Fsp3) is 0.346. The number of amides is 4. The Morgan fingerprint density at radius 2 is 1.85 bits per heavy atom. The van der Waals surface area contributed by atoms with Gasteiger partial charge in [-0.05, 0) is 87.6 Å². The van der Waals surface area contributed by atoms with Crippen LogP contribution in [0.3, 0.4) is 0 Å². The van der Waals surface area contributed by atoms with Gasteiger partial charge in [0.2, 0.25) is 0 Å². The molecule has 2 aromatic carbocycles. The Morgan fingerprint density at radius 3 is 2.52 bits per heavy atom. The monoisotopic (exact) mass is 509 g/mol. The molecule has 1 unspecified atom stereocenters. The number of benzene rings is 2. The summed E-state index contributed by atoms with van der Waals surface area (Å²) in [5, 5.41) is 2.29. The van der Waals surface area contributed by atoms with Crippen LogP contribution in [0.2, 0.25) is 0 Å². The molecular formula is C26H28BrN3O3. The van der Waals surface area contributed by atoms with Crippen LogP contribution in [0.15, 0.2) is 52.5 Å². The number of fused-ring (bicyclic) bond motifs is 1. The summed E-state index contributed by atoms with van der Waals surface area (Å²) in [6.07, 6.45) is 2.57. The molecule has 1 saturated heterocycles. The highest BCUT2D eigenvalue weighted by molar-refractivity contribution is 9.10. The van der Waals surface area contributed by atoms with Crippen molar-refractivity contribution in [3.05, 3.63) is 63.6 Å². The van der Waals surface area contributed by atoms with E-state index in [-0.39, 0.29) is 11.1 Å². The highest BCUT2D eigenvalue weighted by Gasteiger charge is 2.39. The molecule has 33 heavy (non-hydrogen) atoms. The number of carbonyl (C=O) groups excluding carboxylic acids is 3. The number of anilines is 2. The van der Waals surface area contributed by atoms with Crippen LogP contribution in [0.5, 0.6) is 0 Å². The largest absolute Gasteiger partial charge is 0.364 e. The summed E-state index contributed by atoms with van der Waals surface area (Å²) in [6, 6.07) is 12.5. The van der Waals surface area contributed by atoms with Crippen LogP contribution in [0.1, 0.15) is 58.1 Å². The van der Waals surface area contributed by atoms with Crippen molar-refractivity contribution in [2.24, 2.45) is 0 Å². The molecule has 2 aliphatic heterocycles. The predicted octanol–water partition coefficient (Wildman–Crippen LogP) is 5.62. The number of hydrogen-bond donors (Lipinski definition) is 1. The van der Waals surface area contributed by atoms with Gasteiger partial charge < -0.3 is 4.90 Å². The first kappa shape index (κ1) is 23.2. The highest BCUT2D eigenvalue weighted by atomic mass is 79.9. The average molecular weight is 510 g/mol. The van der Waals surface area contributed by atoms with E-state index < -0.39 is 17.8 Å². The summed E-state index contributed by atoms with van der Waals surface area (Å²) in [5.41, 5.74) is 3.48. The van der Waals surface area contributed by atoms with Gasteiger partial charge in [0.15, 0.2) is 0 Å². The van der Waals surface area contributed by atoms with E-state index in [4.69, 9.17) is 0 Å². The van der Waals surface area contributed by atoms with E-state index >= 15 is 0 Å². The van der Waals surface area contributed by atoms with Gasteiger partial charge in [-0.15, -0.1) is 0 Å². The van der Waals surface area contributed by atoms with Gasteiger partial charge in [0.1, 0.15) is 5.57 Å². The number of urea groups is 1. The predicted molar refractivity (Wildman–Crippen MR) is 134 cm³/mol. The van der Waals surface area contributed by atoms with Crippen molar-refractivity contribution in [3.63, 3.8) is 0 Å². The molecule has 1 fully saturated rings. The lowest BCUT2D eigenvalue weighted by molar-refractivity contribution is -0.122. The lowest BCUT2D eigenvalue weighted by Gasteiger charge is -2.50. The van der Waals surface area contributed by atoms with Crippen molar-refractivity contribution in [2.75, 3.05) is 9.80 Å².